The van der Waals surface area contributed by atoms with Gasteiger partial charge in [0.15, 0.2) is 6.29 Å². The number of aldehydes is 1. The van der Waals surface area contributed by atoms with Gasteiger partial charge in [0, 0.05) is 43.8 Å². The molecule has 0 saturated carbocycles. The summed E-state index contributed by atoms with van der Waals surface area (Å²) in [6.45, 7) is 11.6. The Morgan fingerprint density at radius 1 is 1.16 bits per heavy atom. The van der Waals surface area contributed by atoms with Gasteiger partial charge in [0.05, 0.1) is 29.7 Å². The van der Waals surface area contributed by atoms with Gasteiger partial charge in [-0.25, -0.2) is 0 Å². The maximum absolute atomic E-state index is 12.5. The first kappa shape index (κ1) is 31.9. The van der Waals surface area contributed by atoms with Gasteiger partial charge in [-0.3, -0.25) is 9.59 Å². The van der Waals surface area contributed by atoms with Gasteiger partial charge >= 0.3 is 0 Å². The number of hydrogen-bond acceptors (Lipinski definition) is 6. The Labute approximate surface area is 228 Å². The summed E-state index contributed by atoms with van der Waals surface area (Å²) in [5, 5.41) is 13.0. The third kappa shape index (κ3) is 8.77. The number of carbonyl (C=O) groups is 2. The topological polar surface area (TPSA) is 79.7 Å². The number of amides is 1. The second-order valence-corrected chi connectivity index (χ2v) is 8.84. The normalized spacial score (nSPS) is 14.8. The standard InChI is InChI=1S/C25H30ClN5O2.2C2H6/c1-18(28-15-25(33)31-12-6-7-21(31)14-27)16-29(2)23-8-4-5-9-24(23)30(3)22-11-10-20(26)13-19(22)17-32;2*1-2/h4-5,8-11,13,17-18,21,28H,6-7,12,15-16H2,1-3H3;2*1-2H3. The SMILES string of the molecule is CC.CC.CC(CN(C)c1ccccc1N(C)c1ccc(Cl)cc1C=O)NCC(=O)N1CCCC1C#N. The van der Waals surface area contributed by atoms with Gasteiger partial charge in [0.1, 0.15) is 6.04 Å². The van der Waals surface area contributed by atoms with Crippen molar-refractivity contribution in [1.29, 1.82) is 5.26 Å². The fraction of sp³-hybridized carbons (Fsp3) is 0.483. The van der Waals surface area contributed by atoms with Crippen LogP contribution in [0.15, 0.2) is 42.5 Å². The molecule has 7 nitrogen and oxygen atoms in total. The predicted molar refractivity (Wildman–Crippen MR) is 155 cm³/mol. The van der Waals surface area contributed by atoms with Gasteiger partial charge in [-0.15, -0.1) is 0 Å². The van der Waals surface area contributed by atoms with Crippen LogP contribution in [0.4, 0.5) is 17.1 Å². The molecule has 1 saturated heterocycles. The zero-order valence-corrected chi connectivity index (χ0v) is 24.0. The number of nitrogens with zero attached hydrogens (tertiary/aromatic N) is 4. The van der Waals surface area contributed by atoms with Crippen LogP contribution in [0.5, 0.6) is 0 Å². The number of likely N-dealkylation sites (N-methyl/N-ethyl adjacent to an activating group) is 1. The molecule has 1 heterocycles. The van der Waals surface area contributed by atoms with Gasteiger partial charge in [0.25, 0.3) is 0 Å². The first-order valence-corrected chi connectivity index (χ1v) is 13.4. The Morgan fingerprint density at radius 2 is 1.81 bits per heavy atom. The van der Waals surface area contributed by atoms with Crippen LogP contribution in [0, 0.1) is 11.3 Å². The average Bonchev–Trinajstić information content (AvgIpc) is 3.42. The van der Waals surface area contributed by atoms with E-state index in [1.54, 1.807) is 17.0 Å². The smallest absolute Gasteiger partial charge is 0.237 e. The molecule has 1 N–H and O–H groups in total. The van der Waals surface area contributed by atoms with Crippen molar-refractivity contribution in [3.05, 3.63) is 53.1 Å². The Kier molecular flexibility index (Phi) is 14.4. The van der Waals surface area contributed by atoms with Crippen LogP contribution in [-0.4, -0.2) is 62.9 Å². The number of likely N-dealkylation sites (tertiary alicyclic amines) is 1. The van der Waals surface area contributed by atoms with Crippen molar-refractivity contribution in [2.45, 2.75) is 59.5 Å². The summed E-state index contributed by atoms with van der Waals surface area (Å²) in [5.41, 5.74) is 3.23. The molecule has 0 bridgehead atoms. The van der Waals surface area contributed by atoms with E-state index in [-0.39, 0.29) is 24.5 Å². The fourth-order valence-electron chi connectivity index (χ4n) is 4.26. The summed E-state index contributed by atoms with van der Waals surface area (Å²) in [5.74, 6) is -0.0298. The zero-order chi connectivity index (χ0) is 28.0. The highest BCUT2D eigenvalue weighted by molar-refractivity contribution is 6.31. The molecule has 2 aromatic rings. The third-order valence-corrected chi connectivity index (χ3v) is 6.24. The van der Waals surface area contributed by atoms with E-state index in [0.29, 0.717) is 23.7 Å². The summed E-state index contributed by atoms with van der Waals surface area (Å²) in [4.78, 5) is 29.9. The Bertz CT molecular complexity index is 1040. The molecule has 1 aliphatic rings. The molecule has 0 spiro atoms. The van der Waals surface area contributed by atoms with Crippen molar-refractivity contribution in [2.75, 3.05) is 43.5 Å². The van der Waals surface area contributed by atoms with Crippen molar-refractivity contribution in [2.24, 2.45) is 0 Å². The largest absolute Gasteiger partial charge is 0.371 e. The van der Waals surface area contributed by atoms with Crippen molar-refractivity contribution >= 4 is 40.9 Å². The number of nitriles is 1. The molecule has 2 atom stereocenters. The minimum atomic E-state index is -0.302. The number of benzene rings is 2. The highest BCUT2D eigenvalue weighted by Gasteiger charge is 2.28. The van der Waals surface area contributed by atoms with Gasteiger partial charge in [-0.2, -0.15) is 5.26 Å². The Balaban J connectivity index is 0.00000163. The summed E-state index contributed by atoms with van der Waals surface area (Å²) in [7, 11) is 3.92. The minimum Gasteiger partial charge on any atom is -0.371 e. The molecule has 2 unspecified atom stereocenters. The molecule has 3 rings (SSSR count). The Morgan fingerprint density at radius 3 is 2.43 bits per heavy atom. The zero-order valence-electron chi connectivity index (χ0n) is 23.3. The molecule has 202 valence electrons. The molecule has 1 aliphatic heterocycles. The first-order chi connectivity index (χ1) is 17.8. The van der Waals surface area contributed by atoms with Crippen LogP contribution in [-0.2, 0) is 4.79 Å². The van der Waals surface area contributed by atoms with Crippen LogP contribution in [0.1, 0.15) is 57.8 Å². The highest BCUT2D eigenvalue weighted by Crippen LogP contribution is 2.34. The van der Waals surface area contributed by atoms with E-state index in [9.17, 15) is 14.9 Å². The van der Waals surface area contributed by atoms with E-state index in [1.165, 1.54) is 0 Å². The summed E-state index contributed by atoms with van der Waals surface area (Å²) in [6, 6.07) is 15.2. The molecule has 2 aromatic carbocycles. The highest BCUT2D eigenvalue weighted by atomic mass is 35.5. The van der Waals surface area contributed by atoms with E-state index in [1.807, 2.05) is 83.9 Å². The van der Waals surface area contributed by atoms with Crippen LogP contribution in [0.3, 0.4) is 0 Å². The number of para-hydroxylation sites is 2. The van der Waals surface area contributed by atoms with Crippen LogP contribution < -0.4 is 15.1 Å². The quantitative estimate of drug-likeness (QED) is 0.409. The van der Waals surface area contributed by atoms with Crippen LogP contribution in [0.2, 0.25) is 5.02 Å². The molecule has 0 radical (unpaired) electrons. The molecule has 8 heteroatoms. The molecule has 1 fully saturated rings. The second kappa shape index (κ2) is 16.6. The number of nitrogens with one attached hydrogen (secondary N) is 1. The van der Waals surface area contributed by atoms with Crippen molar-refractivity contribution in [3.63, 3.8) is 0 Å². The lowest BCUT2D eigenvalue weighted by molar-refractivity contribution is -0.130. The first-order valence-electron chi connectivity index (χ1n) is 13.1. The van der Waals surface area contributed by atoms with Crippen molar-refractivity contribution in [1.82, 2.24) is 10.2 Å². The van der Waals surface area contributed by atoms with Gasteiger partial charge in [-0.05, 0) is 50.1 Å². The molecule has 0 aliphatic carbocycles. The van der Waals surface area contributed by atoms with Gasteiger partial charge < -0.3 is 20.0 Å². The van der Waals surface area contributed by atoms with Gasteiger partial charge in [0.2, 0.25) is 5.91 Å². The molecule has 0 aromatic heterocycles. The predicted octanol–water partition coefficient (Wildman–Crippen LogP) is 5.90. The van der Waals surface area contributed by atoms with E-state index < -0.39 is 0 Å². The molecular weight excluding hydrogens is 486 g/mol. The van der Waals surface area contributed by atoms with Crippen molar-refractivity contribution in [3.8, 4) is 6.07 Å². The maximum atomic E-state index is 12.5. The number of hydrogen-bond donors (Lipinski definition) is 1. The lowest BCUT2D eigenvalue weighted by Crippen LogP contribution is -2.45. The lowest BCUT2D eigenvalue weighted by atomic mass is 10.1. The summed E-state index contributed by atoms with van der Waals surface area (Å²) in [6.07, 6.45) is 2.44. The van der Waals surface area contributed by atoms with E-state index in [2.05, 4.69) is 16.3 Å². The Hall–Kier alpha value is -3.08. The second-order valence-electron chi connectivity index (χ2n) is 8.41. The average molecular weight is 528 g/mol. The molecular formula is C29H42ClN5O2. The lowest BCUT2D eigenvalue weighted by Gasteiger charge is -2.30. The molecule has 1 amide bonds. The van der Waals surface area contributed by atoms with E-state index in [4.69, 9.17) is 11.6 Å². The number of anilines is 3. The van der Waals surface area contributed by atoms with Crippen LogP contribution in [0.25, 0.3) is 0 Å². The number of halogens is 1. The van der Waals surface area contributed by atoms with Gasteiger partial charge in [-0.1, -0.05) is 51.4 Å². The van der Waals surface area contributed by atoms with E-state index in [0.717, 1.165) is 36.2 Å². The number of rotatable bonds is 9. The monoisotopic (exact) mass is 527 g/mol. The molecule has 37 heavy (non-hydrogen) atoms. The van der Waals surface area contributed by atoms with Crippen molar-refractivity contribution < 1.29 is 9.59 Å². The maximum Gasteiger partial charge on any atom is 0.237 e. The summed E-state index contributed by atoms with van der Waals surface area (Å²) < 4.78 is 0. The third-order valence-electron chi connectivity index (χ3n) is 6.00. The summed E-state index contributed by atoms with van der Waals surface area (Å²) >= 11 is 6.06. The number of carbonyl (C=O) groups excluding carboxylic acids is 2. The van der Waals surface area contributed by atoms with E-state index >= 15 is 0 Å². The fourth-order valence-corrected chi connectivity index (χ4v) is 4.44. The minimum absolute atomic E-state index is 0.0298. The van der Waals surface area contributed by atoms with Crippen LogP contribution >= 0.6 is 11.6 Å².